The molecule has 2 aromatic carbocycles. The quantitative estimate of drug-likeness (QED) is 0.316. The van der Waals surface area contributed by atoms with Gasteiger partial charge in [0, 0.05) is 47.8 Å². The lowest BCUT2D eigenvalue weighted by molar-refractivity contribution is -0.112. The molecule has 1 saturated heterocycles. The predicted molar refractivity (Wildman–Crippen MR) is 153 cm³/mol. The summed E-state index contributed by atoms with van der Waals surface area (Å²) in [6.45, 7) is 9.71. The first kappa shape index (κ1) is 27.8. The fraction of sp³-hybridized carbons (Fsp3) is 0.333. The van der Waals surface area contributed by atoms with Crippen LogP contribution in [0.4, 0.5) is 5.69 Å². The Balaban J connectivity index is 1.54. The number of sulfonamides is 1. The number of anilines is 1. The Hall–Kier alpha value is -3.73. The van der Waals surface area contributed by atoms with Crippen LogP contribution in [0.3, 0.4) is 0 Å². The van der Waals surface area contributed by atoms with Gasteiger partial charge < -0.3 is 18.9 Å². The second kappa shape index (κ2) is 11.0. The fourth-order valence-electron chi connectivity index (χ4n) is 5.33. The third-order valence-corrected chi connectivity index (χ3v) is 9.25. The zero-order valence-electron chi connectivity index (χ0n) is 23.1. The van der Waals surface area contributed by atoms with E-state index in [1.54, 1.807) is 42.2 Å². The summed E-state index contributed by atoms with van der Waals surface area (Å²) < 4.78 is 40.6. The van der Waals surface area contributed by atoms with Crippen molar-refractivity contribution in [1.82, 2.24) is 8.87 Å². The summed E-state index contributed by atoms with van der Waals surface area (Å²) in [5.41, 5.74) is 5.82. The van der Waals surface area contributed by atoms with Crippen molar-refractivity contribution < 1.29 is 27.5 Å². The monoisotopic (exact) mass is 563 g/mol. The number of benzene rings is 2. The zero-order chi connectivity index (χ0) is 28.6. The number of aryl methyl sites for hydroxylation is 1. The van der Waals surface area contributed by atoms with Crippen LogP contribution in [0, 0.1) is 13.8 Å². The molecular formula is C30H33N3O6S. The second-order valence-electron chi connectivity index (χ2n) is 9.73. The van der Waals surface area contributed by atoms with Gasteiger partial charge in [0.25, 0.3) is 5.91 Å². The SMILES string of the molecule is CCOC(=O)c1ccc(-n2c(C)cc(/C=C3\C(=O)N(CC)c4ccc(S(=O)(=O)N5CCOCC5)cc43)c2C)cc1. The number of morpholine rings is 1. The van der Waals surface area contributed by atoms with Crippen LogP contribution in [0.15, 0.2) is 53.4 Å². The van der Waals surface area contributed by atoms with E-state index in [4.69, 9.17) is 9.47 Å². The van der Waals surface area contributed by atoms with Gasteiger partial charge in [0.1, 0.15) is 0 Å². The average Bonchev–Trinajstić information content (AvgIpc) is 3.39. The van der Waals surface area contributed by atoms with E-state index in [0.717, 1.165) is 22.6 Å². The van der Waals surface area contributed by atoms with Gasteiger partial charge in [-0.25, -0.2) is 13.2 Å². The molecule has 0 bridgehead atoms. The minimum absolute atomic E-state index is 0.164. The van der Waals surface area contributed by atoms with Crippen LogP contribution in [-0.2, 0) is 24.3 Å². The Bertz CT molecular complexity index is 1600. The maximum absolute atomic E-state index is 13.5. The van der Waals surface area contributed by atoms with E-state index in [-0.39, 0.29) is 16.8 Å². The van der Waals surface area contributed by atoms with Crippen LogP contribution in [0.1, 0.15) is 46.7 Å². The maximum atomic E-state index is 13.5. The Morgan fingerprint density at radius 2 is 1.73 bits per heavy atom. The van der Waals surface area contributed by atoms with Crippen molar-refractivity contribution in [2.45, 2.75) is 32.6 Å². The van der Waals surface area contributed by atoms with Crippen LogP contribution in [0.5, 0.6) is 0 Å². The fourth-order valence-corrected chi connectivity index (χ4v) is 6.77. The number of hydrogen-bond donors (Lipinski definition) is 0. The molecule has 5 rings (SSSR count). The Kier molecular flexibility index (Phi) is 7.67. The van der Waals surface area contributed by atoms with Gasteiger partial charge in [-0.05, 0) is 87.9 Å². The molecule has 0 N–H and O–H groups in total. The molecule has 10 heteroatoms. The molecular weight excluding hydrogens is 530 g/mol. The van der Waals surface area contributed by atoms with Gasteiger partial charge in [-0.2, -0.15) is 4.31 Å². The van der Waals surface area contributed by atoms with Gasteiger partial charge in [0.2, 0.25) is 10.0 Å². The van der Waals surface area contributed by atoms with Gasteiger partial charge in [0.15, 0.2) is 0 Å². The van der Waals surface area contributed by atoms with Gasteiger partial charge in [-0.3, -0.25) is 4.79 Å². The zero-order valence-corrected chi connectivity index (χ0v) is 24.0. The first-order valence-electron chi connectivity index (χ1n) is 13.4. The van der Waals surface area contributed by atoms with Crippen molar-refractivity contribution in [3.63, 3.8) is 0 Å². The number of carbonyl (C=O) groups is 2. The predicted octanol–water partition coefficient (Wildman–Crippen LogP) is 4.20. The number of amides is 1. The molecule has 1 fully saturated rings. The van der Waals surface area contributed by atoms with Gasteiger partial charge in [-0.1, -0.05) is 0 Å². The Morgan fingerprint density at radius 3 is 2.38 bits per heavy atom. The number of nitrogens with zero attached hydrogens (tertiary/aromatic N) is 3. The number of ether oxygens (including phenoxy) is 2. The number of likely N-dealkylation sites (N-methyl/N-ethyl adjacent to an activating group) is 1. The normalized spacial score (nSPS) is 16.9. The molecule has 0 aliphatic carbocycles. The van der Waals surface area contributed by atoms with Crippen LogP contribution < -0.4 is 4.90 Å². The van der Waals surface area contributed by atoms with E-state index in [9.17, 15) is 18.0 Å². The van der Waals surface area contributed by atoms with Crippen molar-refractivity contribution in [1.29, 1.82) is 0 Å². The number of carbonyl (C=O) groups excluding carboxylic acids is 2. The van der Waals surface area contributed by atoms with E-state index in [2.05, 4.69) is 4.57 Å². The van der Waals surface area contributed by atoms with Crippen molar-refractivity contribution in [3.05, 3.63) is 76.6 Å². The molecule has 2 aliphatic rings. The molecule has 0 unspecified atom stereocenters. The topological polar surface area (TPSA) is 98.2 Å². The smallest absolute Gasteiger partial charge is 0.338 e. The lowest BCUT2D eigenvalue weighted by atomic mass is 10.0. The lowest BCUT2D eigenvalue weighted by Gasteiger charge is -2.26. The summed E-state index contributed by atoms with van der Waals surface area (Å²) in [7, 11) is -3.72. The number of rotatable bonds is 7. The highest BCUT2D eigenvalue weighted by atomic mass is 32.2. The van der Waals surface area contributed by atoms with E-state index in [1.807, 2.05) is 45.0 Å². The minimum Gasteiger partial charge on any atom is -0.462 e. The van der Waals surface area contributed by atoms with E-state index in [1.165, 1.54) is 4.31 Å². The summed E-state index contributed by atoms with van der Waals surface area (Å²) >= 11 is 0. The molecule has 2 aliphatic heterocycles. The maximum Gasteiger partial charge on any atom is 0.338 e. The molecule has 1 amide bonds. The summed E-state index contributed by atoms with van der Waals surface area (Å²) in [5, 5.41) is 0. The highest BCUT2D eigenvalue weighted by Crippen LogP contribution is 2.40. The second-order valence-corrected chi connectivity index (χ2v) is 11.7. The molecule has 0 atom stereocenters. The number of fused-ring (bicyclic) bond motifs is 1. The first-order valence-corrected chi connectivity index (χ1v) is 14.8. The molecule has 0 radical (unpaired) electrons. The summed E-state index contributed by atoms with van der Waals surface area (Å²) in [4.78, 5) is 27.4. The minimum atomic E-state index is -3.72. The molecule has 40 heavy (non-hydrogen) atoms. The lowest BCUT2D eigenvalue weighted by Crippen LogP contribution is -2.40. The van der Waals surface area contributed by atoms with E-state index < -0.39 is 10.0 Å². The summed E-state index contributed by atoms with van der Waals surface area (Å²) in [6.07, 6.45) is 1.84. The van der Waals surface area contributed by atoms with Gasteiger partial charge in [-0.15, -0.1) is 0 Å². The molecule has 1 aromatic heterocycles. The van der Waals surface area contributed by atoms with Crippen molar-refractivity contribution in [2.24, 2.45) is 0 Å². The van der Waals surface area contributed by atoms with Crippen molar-refractivity contribution >= 4 is 39.2 Å². The summed E-state index contributed by atoms with van der Waals surface area (Å²) in [6, 6.07) is 14.1. The first-order chi connectivity index (χ1) is 19.2. The molecule has 0 spiro atoms. The summed E-state index contributed by atoms with van der Waals surface area (Å²) in [5.74, 6) is -0.531. The van der Waals surface area contributed by atoms with Gasteiger partial charge in [0.05, 0.1) is 36.0 Å². The largest absolute Gasteiger partial charge is 0.462 e. The Labute approximate surface area is 234 Å². The molecule has 210 valence electrons. The number of hydrogen-bond acceptors (Lipinski definition) is 6. The van der Waals surface area contributed by atoms with Crippen LogP contribution in [0.2, 0.25) is 0 Å². The Morgan fingerprint density at radius 1 is 1.02 bits per heavy atom. The molecule has 9 nitrogen and oxygen atoms in total. The molecule has 3 aromatic rings. The van der Waals surface area contributed by atoms with Crippen molar-refractivity contribution in [3.8, 4) is 5.69 Å². The van der Waals surface area contributed by atoms with E-state index in [0.29, 0.717) is 61.8 Å². The van der Waals surface area contributed by atoms with Crippen LogP contribution in [0.25, 0.3) is 17.3 Å². The average molecular weight is 564 g/mol. The highest BCUT2D eigenvalue weighted by Gasteiger charge is 2.34. The third-order valence-electron chi connectivity index (χ3n) is 7.36. The highest BCUT2D eigenvalue weighted by molar-refractivity contribution is 7.89. The number of aromatic nitrogens is 1. The number of esters is 1. The van der Waals surface area contributed by atoms with Crippen LogP contribution >= 0.6 is 0 Å². The standard InChI is InChI=1S/C30H33N3O6S/c1-5-32-28-12-11-25(40(36,37)31-13-15-38-16-14-31)19-26(28)27(29(32)34)18-23-17-20(3)33(21(23)4)24-9-7-22(8-10-24)30(35)39-6-2/h7-12,17-19H,5-6,13-16H2,1-4H3/b27-18-. The van der Waals surface area contributed by atoms with Crippen molar-refractivity contribution in [2.75, 3.05) is 44.4 Å². The van der Waals surface area contributed by atoms with Crippen LogP contribution in [-0.4, -0.2) is 68.6 Å². The van der Waals surface area contributed by atoms with Gasteiger partial charge >= 0.3 is 5.97 Å². The van der Waals surface area contributed by atoms with E-state index >= 15 is 0 Å². The molecule has 3 heterocycles. The molecule has 0 saturated carbocycles. The third kappa shape index (κ3) is 4.87.